The first-order valence-corrected chi connectivity index (χ1v) is 12.0. The Labute approximate surface area is 219 Å². The van der Waals surface area contributed by atoms with Gasteiger partial charge >= 0.3 is 5.97 Å². The van der Waals surface area contributed by atoms with Gasteiger partial charge in [-0.1, -0.05) is 0 Å². The number of nitrogens with zero attached hydrogens (tertiary/aromatic N) is 1. The minimum Gasteiger partial charge on any atom is -0.480 e. The zero-order valence-corrected chi connectivity index (χ0v) is 21.2. The van der Waals surface area contributed by atoms with E-state index in [0.717, 1.165) is 0 Å². The molecular weight excluding hydrogens is 504 g/mol. The normalized spacial score (nSPS) is 13.7. The summed E-state index contributed by atoms with van der Waals surface area (Å²) < 4.78 is 0. The van der Waals surface area contributed by atoms with E-state index in [1.807, 2.05) is 0 Å². The fourth-order valence-corrected chi connectivity index (χ4v) is 3.19. The lowest BCUT2D eigenvalue weighted by Gasteiger charge is -2.25. The molecule has 4 unspecified atom stereocenters. The number of carbonyl (C=O) groups is 6. The summed E-state index contributed by atoms with van der Waals surface area (Å²) in [6, 6.07) is -5.21. The van der Waals surface area contributed by atoms with Crippen molar-refractivity contribution in [3.63, 3.8) is 0 Å². The molecule has 0 aromatic carbocycles. The molecule has 0 aromatic heterocycles. The minimum absolute atomic E-state index is 0.0456. The van der Waals surface area contributed by atoms with Crippen molar-refractivity contribution in [1.82, 2.24) is 16.0 Å². The molecule has 0 aromatic rings. The van der Waals surface area contributed by atoms with Gasteiger partial charge in [0.05, 0.1) is 12.5 Å². The van der Waals surface area contributed by atoms with Gasteiger partial charge in [0.25, 0.3) is 0 Å². The summed E-state index contributed by atoms with van der Waals surface area (Å²) >= 11 is 0. The summed E-state index contributed by atoms with van der Waals surface area (Å²) in [5, 5.41) is 16.5. The van der Waals surface area contributed by atoms with Gasteiger partial charge in [-0.15, -0.1) is 0 Å². The quantitative estimate of drug-likeness (QED) is 0.0393. The molecule has 0 rings (SSSR count). The van der Waals surface area contributed by atoms with E-state index in [1.54, 1.807) is 0 Å². The largest absolute Gasteiger partial charge is 0.480 e. The Hall–Kier alpha value is -3.99. The van der Waals surface area contributed by atoms with Gasteiger partial charge in [-0.3, -0.25) is 29.0 Å². The monoisotopic (exact) mass is 544 g/mol. The number of hydrogen-bond acceptors (Lipinski definition) is 9. The Morgan fingerprint density at radius 3 is 1.79 bits per heavy atom. The zero-order valence-electron chi connectivity index (χ0n) is 21.2. The van der Waals surface area contributed by atoms with Crippen molar-refractivity contribution in [3.05, 3.63) is 0 Å². The molecule has 0 saturated carbocycles. The van der Waals surface area contributed by atoms with Crippen LogP contribution in [-0.4, -0.2) is 83.8 Å². The standard InChI is InChI=1S/C21H40N10O7/c22-8-2-1-4-12(29-17(34)11(23)6-7-15(24)32)18(35)31-14(10-16(25)33)19(36)30-13(20(37)38)5-3-9-28-21(26)27/h11-14H,1-10,22-23H2,(H2,24,32)(H2,25,33)(H,29,34)(H,30,36)(H,31,35)(H,37,38)(H4,26,27,28). The number of hydrogen-bond donors (Lipinski definition) is 10. The molecule has 16 N–H and O–H groups in total. The topological polar surface area (TPSA) is 327 Å². The number of guanidine groups is 1. The second kappa shape index (κ2) is 18.3. The molecular formula is C21H40N10O7. The van der Waals surface area contributed by atoms with E-state index in [1.165, 1.54) is 0 Å². The Morgan fingerprint density at radius 1 is 0.711 bits per heavy atom. The fraction of sp³-hybridized carbons (Fsp3) is 0.667. The first kappa shape index (κ1) is 34.0. The van der Waals surface area contributed by atoms with Crippen LogP contribution < -0.4 is 50.4 Å². The summed E-state index contributed by atoms with van der Waals surface area (Å²) in [5.41, 5.74) is 32.0. The van der Waals surface area contributed by atoms with Crippen LogP contribution in [0.2, 0.25) is 0 Å². The molecule has 17 heteroatoms. The van der Waals surface area contributed by atoms with Crippen LogP contribution in [0, 0.1) is 0 Å². The molecule has 0 bridgehead atoms. The average molecular weight is 545 g/mol. The molecule has 0 aliphatic heterocycles. The summed E-state index contributed by atoms with van der Waals surface area (Å²) in [6.45, 7) is 0.446. The number of aliphatic imine (C=N–C) groups is 1. The second-order valence-corrected chi connectivity index (χ2v) is 8.54. The Kier molecular flexibility index (Phi) is 16.4. The number of primary amides is 2. The van der Waals surface area contributed by atoms with E-state index in [4.69, 9.17) is 34.4 Å². The number of carboxylic acid groups (broad SMARTS) is 1. The van der Waals surface area contributed by atoms with E-state index < -0.39 is 66.1 Å². The fourth-order valence-electron chi connectivity index (χ4n) is 3.19. The molecule has 4 atom stereocenters. The van der Waals surface area contributed by atoms with Crippen LogP contribution in [0.15, 0.2) is 4.99 Å². The lowest BCUT2D eigenvalue weighted by Crippen LogP contribution is -2.57. The van der Waals surface area contributed by atoms with E-state index in [-0.39, 0.29) is 44.6 Å². The number of amides is 5. The van der Waals surface area contributed by atoms with Gasteiger partial charge in [-0.2, -0.15) is 0 Å². The van der Waals surface area contributed by atoms with E-state index in [2.05, 4.69) is 20.9 Å². The average Bonchev–Trinajstić information content (AvgIpc) is 2.82. The highest BCUT2D eigenvalue weighted by Gasteiger charge is 2.31. The predicted octanol–water partition coefficient (Wildman–Crippen LogP) is -4.82. The van der Waals surface area contributed by atoms with Crippen molar-refractivity contribution in [1.29, 1.82) is 0 Å². The highest BCUT2D eigenvalue weighted by molar-refractivity contribution is 5.96. The van der Waals surface area contributed by atoms with E-state index in [0.29, 0.717) is 19.4 Å². The summed E-state index contributed by atoms with van der Waals surface area (Å²) in [6.07, 6.45) is 0.405. The van der Waals surface area contributed by atoms with Gasteiger partial charge in [0.15, 0.2) is 5.96 Å². The number of unbranched alkanes of at least 4 members (excludes halogenated alkanes) is 1. The number of rotatable bonds is 20. The number of carbonyl (C=O) groups excluding carboxylic acids is 5. The van der Waals surface area contributed by atoms with Crippen molar-refractivity contribution in [2.75, 3.05) is 13.1 Å². The van der Waals surface area contributed by atoms with Gasteiger partial charge in [0, 0.05) is 13.0 Å². The zero-order chi connectivity index (χ0) is 29.3. The Bertz CT molecular complexity index is 863. The third-order valence-corrected chi connectivity index (χ3v) is 5.22. The summed E-state index contributed by atoms with van der Waals surface area (Å²) in [5.74, 6) is -5.67. The molecule has 0 aliphatic rings. The highest BCUT2D eigenvalue weighted by Crippen LogP contribution is 2.06. The SMILES string of the molecule is NCCCCC(NC(=O)C(N)CCC(N)=O)C(=O)NC(CC(N)=O)C(=O)NC(CCCN=C(N)N)C(=O)O. The smallest absolute Gasteiger partial charge is 0.326 e. The van der Waals surface area contributed by atoms with E-state index >= 15 is 0 Å². The van der Waals surface area contributed by atoms with Crippen LogP contribution in [0.5, 0.6) is 0 Å². The van der Waals surface area contributed by atoms with Crippen molar-refractivity contribution >= 4 is 41.5 Å². The minimum atomic E-state index is -1.53. The maximum Gasteiger partial charge on any atom is 0.326 e. The lowest BCUT2D eigenvalue weighted by atomic mass is 10.0. The molecule has 0 radical (unpaired) electrons. The van der Waals surface area contributed by atoms with Crippen LogP contribution in [0.25, 0.3) is 0 Å². The number of nitrogens with two attached hydrogens (primary N) is 6. The Balaban J connectivity index is 5.50. The van der Waals surface area contributed by atoms with Gasteiger partial charge in [0.2, 0.25) is 29.5 Å². The lowest BCUT2D eigenvalue weighted by molar-refractivity contribution is -0.142. The first-order chi connectivity index (χ1) is 17.8. The van der Waals surface area contributed by atoms with Crippen LogP contribution in [0.3, 0.4) is 0 Å². The number of aliphatic carboxylic acids is 1. The maximum absolute atomic E-state index is 13.0. The van der Waals surface area contributed by atoms with Crippen molar-refractivity contribution in [3.8, 4) is 0 Å². The van der Waals surface area contributed by atoms with Gasteiger partial charge in [-0.25, -0.2) is 4.79 Å². The number of carboxylic acids is 1. The number of nitrogens with one attached hydrogen (secondary N) is 3. The third kappa shape index (κ3) is 15.2. The molecule has 17 nitrogen and oxygen atoms in total. The molecule has 216 valence electrons. The van der Waals surface area contributed by atoms with Crippen LogP contribution in [0.4, 0.5) is 0 Å². The van der Waals surface area contributed by atoms with Crippen molar-refractivity contribution < 1.29 is 33.9 Å². The van der Waals surface area contributed by atoms with Crippen molar-refractivity contribution in [2.24, 2.45) is 39.4 Å². The highest BCUT2D eigenvalue weighted by atomic mass is 16.4. The first-order valence-electron chi connectivity index (χ1n) is 12.0. The molecule has 0 fully saturated rings. The van der Waals surface area contributed by atoms with Crippen LogP contribution in [-0.2, 0) is 28.8 Å². The molecule has 0 saturated heterocycles. The molecule has 0 heterocycles. The maximum atomic E-state index is 13.0. The molecule has 0 spiro atoms. The molecule has 0 aliphatic carbocycles. The molecule has 5 amide bonds. The Morgan fingerprint density at radius 2 is 1.26 bits per heavy atom. The van der Waals surface area contributed by atoms with Crippen molar-refractivity contribution in [2.45, 2.75) is 75.5 Å². The summed E-state index contributed by atoms with van der Waals surface area (Å²) in [4.78, 5) is 76.1. The van der Waals surface area contributed by atoms with Gasteiger partial charge < -0.3 is 55.5 Å². The van der Waals surface area contributed by atoms with E-state index in [9.17, 15) is 33.9 Å². The van der Waals surface area contributed by atoms with Crippen LogP contribution in [0.1, 0.15) is 51.4 Å². The summed E-state index contributed by atoms with van der Waals surface area (Å²) in [7, 11) is 0. The third-order valence-electron chi connectivity index (χ3n) is 5.22. The van der Waals surface area contributed by atoms with Crippen LogP contribution >= 0.6 is 0 Å². The second-order valence-electron chi connectivity index (χ2n) is 8.54. The van der Waals surface area contributed by atoms with Gasteiger partial charge in [-0.05, 0) is 45.1 Å². The predicted molar refractivity (Wildman–Crippen MR) is 136 cm³/mol. The van der Waals surface area contributed by atoms with Gasteiger partial charge in [0.1, 0.15) is 18.1 Å². The molecule has 38 heavy (non-hydrogen) atoms.